The summed E-state index contributed by atoms with van der Waals surface area (Å²) in [5.41, 5.74) is 3.14. The van der Waals surface area contributed by atoms with Gasteiger partial charge in [0, 0.05) is 23.5 Å². The van der Waals surface area contributed by atoms with E-state index in [2.05, 4.69) is 28.9 Å². The molecule has 2 nitrogen and oxygen atoms in total. The summed E-state index contributed by atoms with van der Waals surface area (Å²) in [7, 11) is 0. The minimum atomic E-state index is 0.174. The third-order valence-corrected chi connectivity index (χ3v) is 4.92. The highest BCUT2D eigenvalue weighted by Crippen LogP contribution is 2.24. The SMILES string of the molecule is Cc1cc(C)cc(C(=O)N2CCC(Br)C(C)C2)c1. The number of amides is 1. The number of carbonyl (C=O) groups is 1. The first-order valence-electron chi connectivity index (χ1n) is 6.49. The largest absolute Gasteiger partial charge is 0.338 e. The Morgan fingerprint density at radius 2 is 1.89 bits per heavy atom. The van der Waals surface area contributed by atoms with Crippen molar-refractivity contribution >= 4 is 21.8 Å². The summed E-state index contributed by atoms with van der Waals surface area (Å²) < 4.78 is 0. The summed E-state index contributed by atoms with van der Waals surface area (Å²) in [6, 6.07) is 6.07. The second kappa shape index (κ2) is 5.43. The van der Waals surface area contributed by atoms with E-state index in [1.807, 2.05) is 30.9 Å². The van der Waals surface area contributed by atoms with Crippen LogP contribution in [0.1, 0.15) is 34.8 Å². The van der Waals surface area contributed by atoms with Gasteiger partial charge in [-0.3, -0.25) is 4.79 Å². The zero-order chi connectivity index (χ0) is 13.3. The molecular formula is C15H20BrNO. The smallest absolute Gasteiger partial charge is 0.253 e. The molecule has 1 saturated heterocycles. The van der Waals surface area contributed by atoms with Crippen molar-refractivity contribution in [2.24, 2.45) is 5.92 Å². The first-order chi connectivity index (χ1) is 8.47. The van der Waals surface area contributed by atoms with Crippen LogP contribution in [0.4, 0.5) is 0 Å². The van der Waals surface area contributed by atoms with Gasteiger partial charge in [-0.1, -0.05) is 40.0 Å². The molecule has 0 aromatic heterocycles. The Morgan fingerprint density at radius 1 is 1.28 bits per heavy atom. The van der Waals surface area contributed by atoms with E-state index < -0.39 is 0 Å². The van der Waals surface area contributed by atoms with Crippen LogP contribution in [0, 0.1) is 19.8 Å². The minimum absolute atomic E-state index is 0.174. The van der Waals surface area contributed by atoms with Crippen LogP contribution in [0.15, 0.2) is 18.2 Å². The zero-order valence-electron chi connectivity index (χ0n) is 11.2. The molecule has 2 rings (SSSR count). The fraction of sp³-hybridized carbons (Fsp3) is 0.533. The van der Waals surface area contributed by atoms with Crippen LogP contribution in [0.2, 0.25) is 0 Å². The van der Waals surface area contributed by atoms with Crippen molar-refractivity contribution in [3.63, 3.8) is 0 Å². The molecule has 2 unspecified atom stereocenters. The number of aryl methyl sites for hydroxylation is 2. The molecule has 1 amide bonds. The van der Waals surface area contributed by atoms with E-state index in [4.69, 9.17) is 0 Å². The van der Waals surface area contributed by atoms with Gasteiger partial charge >= 0.3 is 0 Å². The van der Waals surface area contributed by atoms with Gasteiger partial charge in [0.1, 0.15) is 0 Å². The van der Waals surface area contributed by atoms with E-state index in [9.17, 15) is 4.79 Å². The number of halogens is 1. The predicted molar refractivity (Wildman–Crippen MR) is 78.3 cm³/mol. The Bertz CT molecular complexity index is 438. The van der Waals surface area contributed by atoms with Gasteiger partial charge in [-0.2, -0.15) is 0 Å². The molecular weight excluding hydrogens is 290 g/mol. The van der Waals surface area contributed by atoms with E-state index in [0.717, 1.165) is 36.2 Å². The first kappa shape index (κ1) is 13.6. The van der Waals surface area contributed by atoms with E-state index in [0.29, 0.717) is 10.7 Å². The number of rotatable bonds is 1. The lowest BCUT2D eigenvalue weighted by atomic mass is 9.98. The maximum absolute atomic E-state index is 12.5. The number of piperidine rings is 1. The molecule has 1 aromatic rings. The fourth-order valence-corrected chi connectivity index (χ4v) is 2.95. The molecule has 1 heterocycles. The van der Waals surface area contributed by atoms with Gasteiger partial charge < -0.3 is 4.90 Å². The minimum Gasteiger partial charge on any atom is -0.338 e. The topological polar surface area (TPSA) is 20.3 Å². The van der Waals surface area contributed by atoms with E-state index >= 15 is 0 Å². The molecule has 18 heavy (non-hydrogen) atoms. The van der Waals surface area contributed by atoms with Crippen LogP contribution in [-0.4, -0.2) is 28.7 Å². The predicted octanol–water partition coefficient (Wildman–Crippen LogP) is 3.55. The Kier molecular flexibility index (Phi) is 4.10. The second-order valence-corrected chi connectivity index (χ2v) is 6.59. The molecule has 1 aromatic carbocycles. The summed E-state index contributed by atoms with van der Waals surface area (Å²) in [6.45, 7) is 7.97. The molecule has 0 saturated carbocycles. The highest BCUT2D eigenvalue weighted by atomic mass is 79.9. The van der Waals surface area contributed by atoms with Crippen molar-refractivity contribution in [3.8, 4) is 0 Å². The number of nitrogens with zero attached hydrogens (tertiary/aromatic N) is 1. The third-order valence-electron chi connectivity index (χ3n) is 3.56. The zero-order valence-corrected chi connectivity index (χ0v) is 12.8. The highest BCUT2D eigenvalue weighted by molar-refractivity contribution is 9.09. The van der Waals surface area contributed by atoms with Gasteiger partial charge in [-0.25, -0.2) is 0 Å². The number of alkyl halides is 1. The normalized spacial score (nSPS) is 24.1. The molecule has 0 radical (unpaired) electrons. The van der Waals surface area contributed by atoms with Crippen molar-refractivity contribution < 1.29 is 4.79 Å². The van der Waals surface area contributed by atoms with E-state index in [1.165, 1.54) is 0 Å². The highest BCUT2D eigenvalue weighted by Gasteiger charge is 2.27. The number of carbonyl (C=O) groups excluding carboxylic acids is 1. The van der Waals surface area contributed by atoms with Crippen molar-refractivity contribution in [2.75, 3.05) is 13.1 Å². The summed E-state index contributed by atoms with van der Waals surface area (Å²) in [5, 5.41) is 0. The van der Waals surface area contributed by atoms with Gasteiger partial charge in [0.05, 0.1) is 0 Å². The number of hydrogen-bond acceptors (Lipinski definition) is 1. The molecule has 1 aliphatic heterocycles. The molecule has 0 bridgehead atoms. The molecule has 1 aliphatic rings. The Morgan fingerprint density at radius 3 is 2.44 bits per heavy atom. The van der Waals surface area contributed by atoms with Crippen LogP contribution >= 0.6 is 15.9 Å². The van der Waals surface area contributed by atoms with Gasteiger partial charge in [0.2, 0.25) is 0 Å². The fourth-order valence-electron chi connectivity index (χ4n) is 2.58. The van der Waals surface area contributed by atoms with Crippen molar-refractivity contribution in [1.82, 2.24) is 4.90 Å². The molecule has 98 valence electrons. The van der Waals surface area contributed by atoms with Crippen LogP contribution in [0.25, 0.3) is 0 Å². The van der Waals surface area contributed by atoms with Crippen LogP contribution in [0.5, 0.6) is 0 Å². The van der Waals surface area contributed by atoms with Crippen LogP contribution < -0.4 is 0 Å². The summed E-state index contributed by atoms with van der Waals surface area (Å²) in [4.78, 5) is 15.0. The summed E-state index contributed by atoms with van der Waals surface area (Å²) in [5.74, 6) is 0.696. The lowest BCUT2D eigenvalue weighted by Gasteiger charge is -2.34. The standard InChI is InChI=1S/C15H20BrNO/c1-10-6-11(2)8-13(7-10)15(18)17-5-4-14(16)12(3)9-17/h6-8,12,14H,4-5,9H2,1-3H3. The monoisotopic (exact) mass is 309 g/mol. The molecule has 3 heteroatoms. The molecule has 2 atom stereocenters. The molecule has 1 fully saturated rings. The first-order valence-corrected chi connectivity index (χ1v) is 7.40. The molecule has 0 aliphatic carbocycles. The number of hydrogen-bond donors (Lipinski definition) is 0. The third kappa shape index (κ3) is 2.94. The Labute approximate surface area is 117 Å². The quantitative estimate of drug-likeness (QED) is 0.727. The van der Waals surface area contributed by atoms with E-state index in [1.54, 1.807) is 0 Å². The van der Waals surface area contributed by atoms with Crippen LogP contribution in [-0.2, 0) is 0 Å². The Hall–Kier alpha value is -0.830. The summed E-state index contributed by atoms with van der Waals surface area (Å²) in [6.07, 6.45) is 1.04. The Balaban J connectivity index is 2.16. The maximum atomic E-state index is 12.5. The summed E-state index contributed by atoms with van der Waals surface area (Å²) >= 11 is 3.67. The second-order valence-electron chi connectivity index (χ2n) is 5.41. The van der Waals surface area contributed by atoms with Crippen molar-refractivity contribution in [3.05, 3.63) is 34.9 Å². The average Bonchev–Trinajstić information content (AvgIpc) is 2.30. The number of benzene rings is 1. The lowest BCUT2D eigenvalue weighted by Crippen LogP contribution is -2.43. The lowest BCUT2D eigenvalue weighted by molar-refractivity contribution is 0.0690. The van der Waals surface area contributed by atoms with Gasteiger partial charge in [0.25, 0.3) is 5.91 Å². The average molecular weight is 310 g/mol. The molecule has 0 N–H and O–H groups in total. The van der Waals surface area contributed by atoms with Crippen molar-refractivity contribution in [1.29, 1.82) is 0 Å². The number of likely N-dealkylation sites (tertiary alicyclic amines) is 1. The van der Waals surface area contributed by atoms with Crippen molar-refractivity contribution in [2.45, 2.75) is 32.0 Å². The van der Waals surface area contributed by atoms with E-state index in [-0.39, 0.29) is 5.91 Å². The molecule has 0 spiro atoms. The van der Waals surface area contributed by atoms with Gasteiger partial charge in [-0.15, -0.1) is 0 Å². The van der Waals surface area contributed by atoms with Gasteiger partial charge in [0.15, 0.2) is 0 Å². The van der Waals surface area contributed by atoms with Gasteiger partial charge in [-0.05, 0) is 38.3 Å². The van der Waals surface area contributed by atoms with Crippen LogP contribution in [0.3, 0.4) is 0 Å². The maximum Gasteiger partial charge on any atom is 0.253 e.